The van der Waals surface area contributed by atoms with Gasteiger partial charge in [0.1, 0.15) is 16.9 Å². The number of aromatic nitrogens is 2. The van der Waals surface area contributed by atoms with Crippen LogP contribution in [0.5, 0.6) is 0 Å². The van der Waals surface area contributed by atoms with E-state index in [2.05, 4.69) is 10.4 Å². The van der Waals surface area contributed by atoms with Crippen molar-refractivity contribution >= 4 is 50.6 Å². The quantitative estimate of drug-likeness (QED) is 0.285. The number of hydrogen-bond acceptors (Lipinski definition) is 6. The van der Waals surface area contributed by atoms with E-state index in [0.717, 1.165) is 16.4 Å². The van der Waals surface area contributed by atoms with Crippen LogP contribution in [0.3, 0.4) is 0 Å². The summed E-state index contributed by atoms with van der Waals surface area (Å²) in [6.07, 6.45) is 1.66. The maximum atomic E-state index is 14.6. The molecule has 3 N–H and O–H groups in total. The molecule has 2 aromatic heterocycles. The second-order valence-corrected chi connectivity index (χ2v) is 9.04. The van der Waals surface area contributed by atoms with Gasteiger partial charge in [0.25, 0.3) is 5.56 Å². The van der Waals surface area contributed by atoms with E-state index in [9.17, 15) is 14.0 Å². The standard InChI is InChI=1S/C23H18FIN4O3/c1-11-19(27-17-8-5-13(25)10-16(17)24)18-21(32-23(11)31)20(12-3-2-4-14(26)9-12)28-29(22(18)30)15-6-7-15/h2-5,8-10,15,27H,6-7,26H2,1H3. The molecule has 1 aliphatic rings. The second-order valence-electron chi connectivity index (χ2n) is 7.80. The normalized spacial score (nSPS) is 13.5. The lowest BCUT2D eigenvalue weighted by molar-refractivity contribution is 0.543. The fourth-order valence-electron chi connectivity index (χ4n) is 3.63. The van der Waals surface area contributed by atoms with Gasteiger partial charge in [-0.25, -0.2) is 13.9 Å². The van der Waals surface area contributed by atoms with Crippen LogP contribution in [0.2, 0.25) is 0 Å². The molecule has 1 saturated carbocycles. The maximum Gasteiger partial charge on any atom is 0.341 e. The Morgan fingerprint density at radius 1 is 1.22 bits per heavy atom. The molecule has 0 amide bonds. The Hall–Kier alpha value is -3.21. The maximum absolute atomic E-state index is 14.6. The van der Waals surface area contributed by atoms with Gasteiger partial charge in [0.2, 0.25) is 0 Å². The first-order valence-corrected chi connectivity index (χ1v) is 11.1. The summed E-state index contributed by atoms with van der Waals surface area (Å²) in [5, 5.41) is 7.65. The second kappa shape index (κ2) is 7.73. The van der Waals surface area contributed by atoms with Crippen molar-refractivity contribution in [2.45, 2.75) is 25.8 Å². The third kappa shape index (κ3) is 3.56. The SMILES string of the molecule is Cc1c(Nc2ccc(I)cc2F)c2c(=O)n(C3CC3)nc(-c3cccc(N)c3)c2oc1=O. The molecule has 0 bridgehead atoms. The van der Waals surface area contributed by atoms with Gasteiger partial charge in [0, 0.05) is 14.8 Å². The minimum Gasteiger partial charge on any atom is -0.420 e. The van der Waals surface area contributed by atoms with Crippen molar-refractivity contribution in [1.29, 1.82) is 0 Å². The number of hydrogen-bond donors (Lipinski definition) is 2. The summed E-state index contributed by atoms with van der Waals surface area (Å²) < 4.78 is 22.3. The molecule has 2 heterocycles. The summed E-state index contributed by atoms with van der Waals surface area (Å²) in [5.41, 5.74) is 6.97. The minimum atomic E-state index is -0.638. The van der Waals surface area contributed by atoms with Crippen molar-refractivity contribution in [2.24, 2.45) is 0 Å². The van der Waals surface area contributed by atoms with E-state index in [1.54, 1.807) is 43.3 Å². The highest BCUT2D eigenvalue weighted by atomic mass is 127. The Kier molecular flexibility index (Phi) is 5.00. The number of anilines is 3. The van der Waals surface area contributed by atoms with Crippen LogP contribution in [0.15, 0.2) is 56.5 Å². The van der Waals surface area contributed by atoms with Crippen molar-refractivity contribution in [1.82, 2.24) is 9.78 Å². The van der Waals surface area contributed by atoms with Gasteiger partial charge in [-0.1, -0.05) is 12.1 Å². The molecule has 1 fully saturated rings. The van der Waals surface area contributed by atoms with Crippen LogP contribution < -0.4 is 22.2 Å². The molecule has 162 valence electrons. The number of nitrogens with zero attached hydrogens (tertiary/aromatic N) is 2. The molecule has 1 aliphatic carbocycles. The van der Waals surface area contributed by atoms with E-state index >= 15 is 0 Å². The third-order valence-electron chi connectivity index (χ3n) is 5.44. The fraction of sp³-hybridized carbons (Fsp3) is 0.174. The van der Waals surface area contributed by atoms with Gasteiger partial charge in [-0.2, -0.15) is 5.10 Å². The number of nitrogens with one attached hydrogen (secondary N) is 1. The van der Waals surface area contributed by atoms with E-state index in [1.807, 2.05) is 22.6 Å². The van der Waals surface area contributed by atoms with Crippen LogP contribution in [0.4, 0.5) is 21.5 Å². The Morgan fingerprint density at radius 3 is 2.69 bits per heavy atom. The average molecular weight is 544 g/mol. The summed E-state index contributed by atoms with van der Waals surface area (Å²) in [6, 6.07) is 11.6. The van der Waals surface area contributed by atoms with Gasteiger partial charge in [0.15, 0.2) is 5.58 Å². The number of fused-ring (bicyclic) bond motifs is 1. The predicted molar refractivity (Wildman–Crippen MR) is 130 cm³/mol. The smallest absolute Gasteiger partial charge is 0.341 e. The zero-order valence-electron chi connectivity index (χ0n) is 17.0. The molecular formula is C23H18FIN4O3. The van der Waals surface area contributed by atoms with Gasteiger partial charge < -0.3 is 15.5 Å². The number of nitrogen functional groups attached to an aromatic ring is 1. The first-order valence-electron chi connectivity index (χ1n) is 10.0. The van der Waals surface area contributed by atoms with Crippen molar-refractivity contribution in [2.75, 3.05) is 11.1 Å². The zero-order chi connectivity index (χ0) is 22.6. The lowest BCUT2D eigenvalue weighted by Crippen LogP contribution is -2.25. The summed E-state index contributed by atoms with van der Waals surface area (Å²) in [7, 11) is 0. The number of nitrogens with two attached hydrogens (primary N) is 1. The predicted octanol–water partition coefficient (Wildman–Crippen LogP) is 4.73. The topological polar surface area (TPSA) is 103 Å². The molecule has 7 nitrogen and oxygen atoms in total. The van der Waals surface area contributed by atoms with Crippen LogP contribution in [0, 0.1) is 16.3 Å². The van der Waals surface area contributed by atoms with Gasteiger partial charge in [-0.05, 0) is 72.7 Å². The van der Waals surface area contributed by atoms with Gasteiger partial charge in [-0.3, -0.25) is 4.79 Å². The summed E-state index contributed by atoms with van der Waals surface area (Å²) in [5.74, 6) is -0.495. The average Bonchev–Trinajstić information content (AvgIpc) is 3.58. The Morgan fingerprint density at radius 2 is 2.00 bits per heavy atom. The molecule has 2 aromatic carbocycles. The third-order valence-corrected chi connectivity index (χ3v) is 6.11. The van der Waals surface area contributed by atoms with Crippen LogP contribution in [-0.2, 0) is 0 Å². The first-order chi connectivity index (χ1) is 15.3. The fourth-order valence-corrected chi connectivity index (χ4v) is 4.08. The minimum absolute atomic E-state index is 0.0261. The molecule has 4 aromatic rings. The van der Waals surface area contributed by atoms with Crippen molar-refractivity contribution in [3.05, 3.63) is 78.2 Å². The van der Waals surface area contributed by atoms with Crippen LogP contribution >= 0.6 is 22.6 Å². The largest absolute Gasteiger partial charge is 0.420 e. The summed E-state index contributed by atoms with van der Waals surface area (Å²) in [6.45, 7) is 1.54. The van der Waals surface area contributed by atoms with E-state index in [-0.39, 0.29) is 33.9 Å². The molecule has 0 unspecified atom stereocenters. The molecular weight excluding hydrogens is 526 g/mol. The lowest BCUT2D eigenvalue weighted by Gasteiger charge is -2.15. The number of rotatable bonds is 4. The van der Waals surface area contributed by atoms with Gasteiger partial charge in [0.05, 0.1) is 23.0 Å². The highest BCUT2D eigenvalue weighted by Gasteiger charge is 2.30. The van der Waals surface area contributed by atoms with Crippen LogP contribution in [0.1, 0.15) is 24.4 Å². The molecule has 0 atom stereocenters. The molecule has 0 radical (unpaired) electrons. The van der Waals surface area contributed by atoms with E-state index in [4.69, 9.17) is 10.2 Å². The Bertz CT molecular complexity index is 1510. The Balaban J connectivity index is 1.85. The molecule has 9 heteroatoms. The molecule has 0 spiro atoms. The monoisotopic (exact) mass is 544 g/mol. The van der Waals surface area contributed by atoms with E-state index < -0.39 is 17.0 Å². The molecule has 0 saturated heterocycles. The number of halogens is 2. The molecule has 0 aliphatic heterocycles. The van der Waals surface area contributed by atoms with Crippen molar-refractivity contribution < 1.29 is 8.81 Å². The zero-order valence-corrected chi connectivity index (χ0v) is 19.1. The summed E-state index contributed by atoms with van der Waals surface area (Å²) in [4.78, 5) is 26.2. The first kappa shape index (κ1) is 20.7. The lowest BCUT2D eigenvalue weighted by atomic mass is 10.1. The molecule has 32 heavy (non-hydrogen) atoms. The van der Waals surface area contributed by atoms with Crippen LogP contribution in [0.25, 0.3) is 22.2 Å². The highest BCUT2D eigenvalue weighted by Crippen LogP contribution is 2.37. The number of benzene rings is 2. The van der Waals surface area contributed by atoms with Crippen molar-refractivity contribution in [3.8, 4) is 11.3 Å². The van der Waals surface area contributed by atoms with E-state index in [0.29, 0.717) is 16.9 Å². The Labute approximate surface area is 195 Å². The highest BCUT2D eigenvalue weighted by molar-refractivity contribution is 14.1. The van der Waals surface area contributed by atoms with Gasteiger partial charge >= 0.3 is 5.63 Å². The van der Waals surface area contributed by atoms with Crippen LogP contribution in [-0.4, -0.2) is 9.78 Å². The summed E-state index contributed by atoms with van der Waals surface area (Å²) >= 11 is 2.01. The van der Waals surface area contributed by atoms with Gasteiger partial charge in [-0.15, -0.1) is 0 Å². The van der Waals surface area contributed by atoms with Crippen molar-refractivity contribution in [3.63, 3.8) is 0 Å². The molecule has 5 rings (SSSR count). The van der Waals surface area contributed by atoms with E-state index in [1.165, 1.54) is 10.7 Å².